The Morgan fingerprint density at radius 1 is 1.32 bits per heavy atom. The highest BCUT2D eigenvalue weighted by Gasteiger charge is 2.31. The Hall–Kier alpha value is -0.440. The lowest BCUT2D eigenvalue weighted by Gasteiger charge is -2.25. The van der Waals surface area contributed by atoms with Crippen molar-refractivity contribution in [1.82, 2.24) is 0 Å². The van der Waals surface area contributed by atoms with Crippen LogP contribution in [0.4, 0.5) is 0 Å². The summed E-state index contributed by atoms with van der Waals surface area (Å²) in [6.07, 6.45) is 3.67. The third-order valence-corrected chi connectivity index (χ3v) is 4.72. The minimum atomic E-state index is -0.0434. The molecule has 2 rings (SSSR count). The first kappa shape index (κ1) is 15.0. The molecule has 3 atom stereocenters. The van der Waals surface area contributed by atoms with Crippen molar-refractivity contribution >= 4 is 23.2 Å². The molecule has 0 amide bonds. The minimum Gasteiger partial charge on any atom is -0.492 e. The molecule has 0 saturated heterocycles. The van der Waals surface area contributed by atoms with Crippen LogP contribution in [0.25, 0.3) is 0 Å². The van der Waals surface area contributed by atoms with Gasteiger partial charge in [-0.05, 0) is 36.8 Å². The van der Waals surface area contributed by atoms with Gasteiger partial charge in [0.1, 0.15) is 5.75 Å². The van der Waals surface area contributed by atoms with Crippen molar-refractivity contribution < 1.29 is 4.74 Å². The molecule has 2 N–H and O–H groups in total. The van der Waals surface area contributed by atoms with Crippen molar-refractivity contribution in [3.8, 4) is 5.75 Å². The monoisotopic (exact) mass is 301 g/mol. The number of ether oxygens (including phenoxy) is 1. The van der Waals surface area contributed by atoms with E-state index in [0.29, 0.717) is 34.2 Å². The summed E-state index contributed by atoms with van der Waals surface area (Å²) in [6.45, 7) is 4.76. The summed E-state index contributed by atoms with van der Waals surface area (Å²) >= 11 is 12.6. The van der Waals surface area contributed by atoms with E-state index in [9.17, 15) is 0 Å². The standard InChI is InChI=1S/C15H21Cl2NO/c1-3-19-14-8-12(16)11(7-13(14)17)15(18)10-6-4-5-9(10)2/h7-10,15H,3-6,18H2,1-2H3. The van der Waals surface area contributed by atoms with Gasteiger partial charge in [0, 0.05) is 17.1 Å². The molecular weight excluding hydrogens is 281 g/mol. The van der Waals surface area contributed by atoms with Gasteiger partial charge in [-0.1, -0.05) is 43.0 Å². The molecule has 0 spiro atoms. The first-order valence-electron chi connectivity index (χ1n) is 6.92. The Morgan fingerprint density at radius 2 is 2.05 bits per heavy atom. The van der Waals surface area contributed by atoms with Crippen molar-refractivity contribution in [2.45, 2.75) is 39.2 Å². The fourth-order valence-electron chi connectivity index (χ4n) is 3.00. The van der Waals surface area contributed by atoms with E-state index < -0.39 is 0 Å². The van der Waals surface area contributed by atoms with Gasteiger partial charge >= 0.3 is 0 Å². The van der Waals surface area contributed by atoms with Gasteiger partial charge in [0.15, 0.2) is 0 Å². The second-order valence-corrected chi connectivity index (χ2v) is 6.15. The average molecular weight is 302 g/mol. The van der Waals surface area contributed by atoms with Crippen LogP contribution in [0.2, 0.25) is 10.0 Å². The van der Waals surface area contributed by atoms with Gasteiger partial charge < -0.3 is 10.5 Å². The number of rotatable bonds is 4. The van der Waals surface area contributed by atoms with Crippen LogP contribution in [-0.4, -0.2) is 6.61 Å². The van der Waals surface area contributed by atoms with Crippen LogP contribution in [0.1, 0.15) is 44.7 Å². The predicted octanol–water partition coefficient (Wildman–Crippen LogP) is 4.83. The van der Waals surface area contributed by atoms with Gasteiger partial charge in [0.2, 0.25) is 0 Å². The molecule has 0 bridgehead atoms. The molecule has 0 aromatic heterocycles. The number of benzene rings is 1. The molecule has 19 heavy (non-hydrogen) atoms. The Kier molecular flexibility index (Phi) is 4.99. The minimum absolute atomic E-state index is 0.0434. The molecule has 1 aliphatic rings. The van der Waals surface area contributed by atoms with E-state index in [1.807, 2.05) is 13.0 Å². The molecule has 1 saturated carbocycles. The highest BCUT2D eigenvalue weighted by Crippen LogP contribution is 2.42. The normalized spacial score (nSPS) is 24.5. The number of hydrogen-bond donors (Lipinski definition) is 1. The molecule has 0 heterocycles. The number of hydrogen-bond acceptors (Lipinski definition) is 2. The van der Waals surface area contributed by atoms with Crippen LogP contribution in [0, 0.1) is 11.8 Å². The molecule has 1 aliphatic carbocycles. The zero-order chi connectivity index (χ0) is 14.0. The van der Waals surface area contributed by atoms with Crippen molar-refractivity contribution in [3.05, 3.63) is 27.7 Å². The van der Waals surface area contributed by atoms with E-state index in [0.717, 1.165) is 5.56 Å². The molecular formula is C15H21Cl2NO. The molecule has 4 heteroatoms. The SMILES string of the molecule is CCOc1cc(Cl)c(C(N)C2CCCC2C)cc1Cl. The molecule has 3 unspecified atom stereocenters. The summed E-state index contributed by atoms with van der Waals surface area (Å²) in [5.74, 6) is 1.77. The highest BCUT2D eigenvalue weighted by atomic mass is 35.5. The first-order valence-corrected chi connectivity index (χ1v) is 7.67. The van der Waals surface area contributed by atoms with Gasteiger partial charge in [-0.2, -0.15) is 0 Å². The molecule has 1 aromatic rings. The Labute approximate surface area is 125 Å². The van der Waals surface area contributed by atoms with Crippen molar-refractivity contribution in [2.75, 3.05) is 6.61 Å². The van der Waals surface area contributed by atoms with Gasteiger partial charge in [0.05, 0.1) is 11.6 Å². The Morgan fingerprint density at radius 3 is 2.63 bits per heavy atom. The summed E-state index contributed by atoms with van der Waals surface area (Å²) in [6, 6.07) is 3.60. The van der Waals surface area contributed by atoms with E-state index in [4.69, 9.17) is 33.7 Å². The van der Waals surface area contributed by atoms with E-state index in [-0.39, 0.29) is 6.04 Å². The van der Waals surface area contributed by atoms with E-state index in [2.05, 4.69) is 6.92 Å². The maximum Gasteiger partial charge on any atom is 0.139 e. The highest BCUT2D eigenvalue weighted by molar-refractivity contribution is 6.34. The van der Waals surface area contributed by atoms with Crippen LogP contribution < -0.4 is 10.5 Å². The largest absolute Gasteiger partial charge is 0.492 e. The van der Waals surface area contributed by atoms with Crippen molar-refractivity contribution in [2.24, 2.45) is 17.6 Å². The number of nitrogens with two attached hydrogens (primary N) is 1. The summed E-state index contributed by atoms with van der Waals surface area (Å²) in [7, 11) is 0. The molecule has 0 aliphatic heterocycles. The third kappa shape index (κ3) is 3.18. The van der Waals surface area contributed by atoms with Crippen LogP contribution in [-0.2, 0) is 0 Å². The lowest BCUT2D eigenvalue weighted by atomic mass is 9.86. The maximum absolute atomic E-state index is 6.40. The van der Waals surface area contributed by atoms with E-state index in [1.165, 1.54) is 19.3 Å². The van der Waals surface area contributed by atoms with Crippen LogP contribution in [0.5, 0.6) is 5.75 Å². The van der Waals surface area contributed by atoms with Crippen molar-refractivity contribution in [3.63, 3.8) is 0 Å². The van der Waals surface area contributed by atoms with E-state index >= 15 is 0 Å². The fourth-order valence-corrected chi connectivity index (χ4v) is 3.51. The molecule has 2 nitrogen and oxygen atoms in total. The Bertz CT molecular complexity index is 450. The van der Waals surface area contributed by atoms with Crippen LogP contribution in [0.3, 0.4) is 0 Å². The van der Waals surface area contributed by atoms with E-state index in [1.54, 1.807) is 6.07 Å². The summed E-state index contributed by atoms with van der Waals surface area (Å²) in [5.41, 5.74) is 7.34. The molecule has 1 fully saturated rings. The second kappa shape index (κ2) is 6.34. The lowest BCUT2D eigenvalue weighted by Crippen LogP contribution is -2.23. The van der Waals surface area contributed by atoms with Crippen LogP contribution >= 0.6 is 23.2 Å². The smallest absolute Gasteiger partial charge is 0.139 e. The average Bonchev–Trinajstić information content (AvgIpc) is 2.79. The molecule has 1 aromatic carbocycles. The zero-order valence-corrected chi connectivity index (χ0v) is 13.0. The van der Waals surface area contributed by atoms with Gasteiger partial charge in [-0.3, -0.25) is 0 Å². The molecule has 0 radical (unpaired) electrons. The van der Waals surface area contributed by atoms with Gasteiger partial charge in [-0.15, -0.1) is 0 Å². The second-order valence-electron chi connectivity index (χ2n) is 5.33. The van der Waals surface area contributed by atoms with Crippen LogP contribution in [0.15, 0.2) is 12.1 Å². The lowest BCUT2D eigenvalue weighted by molar-refractivity contribution is 0.338. The first-order chi connectivity index (χ1) is 9.04. The van der Waals surface area contributed by atoms with Gasteiger partial charge in [-0.25, -0.2) is 0 Å². The predicted molar refractivity (Wildman–Crippen MR) is 81.1 cm³/mol. The topological polar surface area (TPSA) is 35.2 Å². The quantitative estimate of drug-likeness (QED) is 0.864. The Balaban J connectivity index is 2.26. The fraction of sp³-hybridized carbons (Fsp3) is 0.600. The third-order valence-electron chi connectivity index (χ3n) is 4.10. The summed E-state index contributed by atoms with van der Waals surface area (Å²) in [4.78, 5) is 0. The summed E-state index contributed by atoms with van der Waals surface area (Å²) < 4.78 is 5.44. The zero-order valence-electron chi connectivity index (χ0n) is 11.5. The maximum atomic E-state index is 6.40. The van der Waals surface area contributed by atoms with Crippen molar-refractivity contribution in [1.29, 1.82) is 0 Å². The van der Waals surface area contributed by atoms with Gasteiger partial charge in [0.25, 0.3) is 0 Å². The molecule has 106 valence electrons. The summed E-state index contributed by atoms with van der Waals surface area (Å²) in [5, 5.41) is 1.24. The number of halogens is 2.